The number of benzene rings is 2. The first kappa shape index (κ1) is 20.1. The van der Waals surface area contributed by atoms with Crippen LogP contribution in [0.25, 0.3) is 10.9 Å². The summed E-state index contributed by atoms with van der Waals surface area (Å²) in [6, 6.07) is 11.2. The number of methoxy groups -OCH3 is 1. The number of carbonyl (C=O) groups excluding carboxylic acids is 2. The fourth-order valence-electron chi connectivity index (χ4n) is 2.68. The van der Waals surface area contributed by atoms with Gasteiger partial charge < -0.3 is 14.8 Å². The SMILES string of the molecule is COC(=O)c1cccc(NC(=O)Nc2n[nH]c3ccc(OCCCCF)cc23)c1. The summed E-state index contributed by atoms with van der Waals surface area (Å²) in [7, 11) is 1.29. The largest absolute Gasteiger partial charge is 0.494 e. The van der Waals surface area contributed by atoms with E-state index in [1.807, 2.05) is 0 Å². The van der Waals surface area contributed by atoms with Gasteiger partial charge in [-0.25, -0.2) is 9.59 Å². The van der Waals surface area contributed by atoms with Crippen molar-refractivity contribution in [2.75, 3.05) is 31.0 Å². The Morgan fingerprint density at radius 3 is 2.79 bits per heavy atom. The molecule has 0 bridgehead atoms. The molecular formula is C20H21FN4O4. The smallest absolute Gasteiger partial charge is 0.337 e. The third-order valence-corrected chi connectivity index (χ3v) is 4.10. The molecule has 0 fully saturated rings. The number of amides is 2. The van der Waals surface area contributed by atoms with Crippen LogP contribution in [0.1, 0.15) is 23.2 Å². The van der Waals surface area contributed by atoms with Crippen LogP contribution in [0.4, 0.5) is 20.7 Å². The van der Waals surface area contributed by atoms with Gasteiger partial charge in [0.1, 0.15) is 5.75 Å². The fraction of sp³-hybridized carbons (Fsp3) is 0.250. The van der Waals surface area contributed by atoms with Crippen molar-refractivity contribution in [2.45, 2.75) is 12.8 Å². The summed E-state index contributed by atoms with van der Waals surface area (Å²) >= 11 is 0. The Labute approximate surface area is 166 Å². The van der Waals surface area contributed by atoms with E-state index in [-0.39, 0.29) is 6.67 Å². The molecule has 3 rings (SSSR count). The van der Waals surface area contributed by atoms with Crippen LogP contribution in [-0.4, -0.2) is 42.6 Å². The first-order chi connectivity index (χ1) is 14.1. The summed E-state index contributed by atoms with van der Waals surface area (Å²) in [5, 5.41) is 12.9. The second-order valence-corrected chi connectivity index (χ2v) is 6.18. The predicted molar refractivity (Wildman–Crippen MR) is 107 cm³/mol. The highest BCUT2D eigenvalue weighted by molar-refractivity contribution is 6.05. The van der Waals surface area contributed by atoms with Gasteiger partial charge in [-0.05, 0) is 49.2 Å². The molecular weight excluding hydrogens is 379 g/mol. The Balaban J connectivity index is 1.67. The molecule has 3 N–H and O–H groups in total. The molecule has 0 atom stereocenters. The Bertz CT molecular complexity index is 1010. The number of esters is 1. The molecule has 1 aromatic heterocycles. The summed E-state index contributed by atoms with van der Waals surface area (Å²) in [6.07, 6.45) is 1.08. The van der Waals surface area contributed by atoms with Crippen molar-refractivity contribution in [3.05, 3.63) is 48.0 Å². The second kappa shape index (κ2) is 9.54. The minimum atomic E-state index is -0.519. The van der Waals surface area contributed by atoms with Crippen LogP contribution < -0.4 is 15.4 Å². The number of aromatic nitrogens is 2. The molecule has 152 valence electrons. The second-order valence-electron chi connectivity index (χ2n) is 6.18. The van der Waals surface area contributed by atoms with Gasteiger partial charge in [-0.15, -0.1) is 0 Å². The molecule has 0 saturated carbocycles. The quantitative estimate of drug-likeness (QED) is 0.390. The van der Waals surface area contributed by atoms with E-state index in [1.54, 1.807) is 36.4 Å². The molecule has 0 spiro atoms. The number of urea groups is 1. The van der Waals surface area contributed by atoms with Gasteiger partial charge in [-0.1, -0.05) is 6.07 Å². The molecule has 3 aromatic rings. The Morgan fingerprint density at radius 1 is 1.14 bits per heavy atom. The zero-order valence-electron chi connectivity index (χ0n) is 15.8. The van der Waals surface area contributed by atoms with Crippen LogP contribution >= 0.6 is 0 Å². The maximum absolute atomic E-state index is 12.3. The number of rotatable bonds is 8. The zero-order chi connectivity index (χ0) is 20.6. The van der Waals surface area contributed by atoms with Crippen LogP contribution in [0.15, 0.2) is 42.5 Å². The third-order valence-electron chi connectivity index (χ3n) is 4.10. The minimum absolute atomic E-state index is 0.324. The van der Waals surface area contributed by atoms with Gasteiger partial charge in [0.05, 0.1) is 31.5 Å². The van der Waals surface area contributed by atoms with Crippen molar-refractivity contribution >= 4 is 34.4 Å². The third kappa shape index (κ3) is 5.22. The van der Waals surface area contributed by atoms with Gasteiger partial charge in [0.15, 0.2) is 5.82 Å². The van der Waals surface area contributed by atoms with Gasteiger partial charge in [0, 0.05) is 11.1 Å². The molecule has 0 radical (unpaired) electrons. The summed E-state index contributed by atoms with van der Waals surface area (Å²) < 4.78 is 22.4. The molecule has 2 amide bonds. The summed E-state index contributed by atoms with van der Waals surface area (Å²) in [4.78, 5) is 23.9. The van der Waals surface area contributed by atoms with E-state index in [2.05, 4.69) is 25.6 Å². The lowest BCUT2D eigenvalue weighted by Crippen LogP contribution is -2.20. The van der Waals surface area contributed by atoms with E-state index in [1.165, 1.54) is 13.2 Å². The van der Waals surface area contributed by atoms with Crippen molar-refractivity contribution < 1.29 is 23.5 Å². The number of anilines is 2. The first-order valence-corrected chi connectivity index (χ1v) is 9.04. The van der Waals surface area contributed by atoms with Crippen molar-refractivity contribution in [1.29, 1.82) is 0 Å². The molecule has 0 aliphatic carbocycles. The highest BCUT2D eigenvalue weighted by Crippen LogP contribution is 2.25. The predicted octanol–water partition coefficient (Wildman–Crippen LogP) is 4.12. The maximum Gasteiger partial charge on any atom is 0.337 e. The van der Waals surface area contributed by atoms with Crippen LogP contribution in [0, 0.1) is 0 Å². The molecule has 0 saturated heterocycles. The average Bonchev–Trinajstić information content (AvgIpc) is 3.12. The van der Waals surface area contributed by atoms with E-state index in [9.17, 15) is 14.0 Å². The number of nitrogens with zero attached hydrogens (tertiary/aromatic N) is 1. The highest BCUT2D eigenvalue weighted by Gasteiger charge is 2.12. The van der Waals surface area contributed by atoms with Crippen LogP contribution in [-0.2, 0) is 4.74 Å². The topological polar surface area (TPSA) is 105 Å². The molecule has 0 unspecified atom stereocenters. The van der Waals surface area contributed by atoms with Gasteiger partial charge in [-0.2, -0.15) is 5.10 Å². The summed E-state index contributed by atoms with van der Waals surface area (Å²) in [6.45, 7) is 0.0445. The van der Waals surface area contributed by atoms with Gasteiger partial charge in [-0.3, -0.25) is 14.8 Å². The number of nitrogens with one attached hydrogen (secondary N) is 3. The molecule has 1 heterocycles. The minimum Gasteiger partial charge on any atom is -0.494 e. The summed E-state index contributed by atoms with van der Waals surface area (Å²) in [5.41, 5.74) is 1.48. The number of unbranched alkanes of at least 4 members (excludes halogenated alkanes) is 1. The van der Waals surface area contributed by atoms with Crippen LogP contribution in [0.3, 0.4) is 0 Å². The molecule has 9 heteroatoms. The standard InChI is InChI=1S/C20H21FN4O4/c1-28-19(26)13-5-4-6-14(11-13)22-20(27)23-18-16-12-15(29-10-3-2-9-21)7-8-17(16)24-25-18/h4-8,11-12H,2-3,9-10H2,1H3,(H3,22,23,24,25,27). The van der Waals surface area contributed by atoms with E-state index in [0.29, 0.717) is 47.7 Å². The normalized spacial score (nSPS) is 10.6. The van der Waals surface area contributed by atoms with Crippen molar-refractivity contribution in [1.82, 2.24) is 10.2 Å². The number of alkyl halides is 1. The Morgan fingerprint density at radius 2 is 2.00 bits per heavy atom. The number of ether oxygens (including phenoxy) is 2. The highest BCUT2D eigenvalue weighted by atomic mass is 19.1. The lowest BCUT2D eigenvalue weighted by molar-refractivity contribution is 0.0600. The lowest BCUT2D eigenvalue weighted by atomic mass is 10.2. The number of halogens is 1. The van der Waals surface area contributed by atoms with Crippen LogP contribution in [0.2, 0.25) is 0 Å². The maximum atomic E-state index is 12.3. The molecule has 29 heavy (non-hydrogen) atoms. The van der Waals surface area contributed by atoms with Gasteiger partial charge in [0.25, 0.3) is 0 Å². The number of H-pyrrole nitrogens is 1. The van der Waals surface area contributed by atoms with E-state index in [0.717, 1.165) is 5.52 Å². The molecule has 2 aromatic carbocycles. The lowest BCUT2D eigenvalue weighted by Gasteiger charge is -2.08. The van der Waals surface area contributed by atoms with Crippen molar-refractivity contribution in [2.24, 2.45) is 0 Å². The zero-order valence-corrected chi connectivity index (χ0v) is 15.8. The Kier molecular flexibility index (Phi) is 6.62. The average molecular weight is 400 g/mol. The molecule has 0 aliphatic heterocycles. The van der Waals surface area contributed by atoms with Crippen molar-refractivity contribution in [3.63, 3.8) is 0 Å². The number of carbonyl (C=O) groups is 2. The number of hydrogen-bond acceptors (Lipinski definition) is 5. The first-order valence-electron chi connectivity index (χ1n) is 9.04. The monoisotopic (exact) mass is 400 g/mol. The van der Waals surface area contributed by atoms with Gasteiger partial charge in [0.2, 0.25) is 0 Å². The van der Waals surface area contributed by atoms with Crippen molar-refractivity contribution in [3.8, 4) is 5.75 Å². The molecule has 0 aliphatic rings. The Hall–Kier alpha value is -3.62. The summed E-state index contributed by atoms with van der Waals surface area (Å²) in [5.74, 6) is 0.439. The number of aromatic amines is 1. The molecule has 8 nitrogen and oxygen atoms in total. The number of fused-ring (bicyclic) bond motifs is 1. The van der Waals surface area contributed by atoms with Crippen LogP contribution in [0.5, 0.6) is 5.75 Å². The van der Waals surface area contributed by atoms with Gasteiger partial charge >= 0.3 is 12.0 Å². The van der Waals surface area contributed by atoms with E-state index in [4.69, 9.17) is 4.74 Å². The fourth-order valence-corrected chi connectivity index (χ4v) is 2.68. The number of hydrogen-bond donors (Lipinski definition) is 3. The van der Waals surface area contributed by atoms with E-state index < -0.39 is 12.0 Å². The van der Waals surface area contributed by atoms with E-state index >= 15 is 0 Å².